The molecule has 0 radical (unpaired) electrons. The van der Waals surface area contributed by atoms with Crippen LogP contribution in [0.2, 0.25) is 0 Å². The van der Waals surface area contributed by atoms with E-state index in [9.17, 15) is 19.2 Å². The van der Waals surface area contributed by atoms with E-state index < -0.39 is 17.6 Å². The number of anilines is 2. The highest BCUT2D eigenvalue weighted by molar-refractivity contribution is 7.17. The number of nitrogens with zero attached hydrogens (tertiary/aromatic N) is 4. The minimum atomic E-state index is -0.852. The molecular formula is C24H31N5O5S. The first-order chi connectivity index (χ1) is 16.4. The van der Waals surface area contributed by atoms with Gasteiger partial charge in [0, 0.05) is 32.4 Å². The number of carbonyl (C=O) groups is 4. The van der Waals surface area contributed by atoms with Gasteiger partial charge in [0.05, 0.1) is 16.5 Å². The van der Waals surface area contributed by atoms with E-state index in [0.717, 1.165) is 11.3 Å². The number of urea groups is 1. The van der Waals surface area contributed by atoms with Crippen molar-refractivity contribution < 1.29 is 23.9 Å². The molecule has 0 bridgehead atoms. The summed E-state index contributed by atoms with van der Waals surface area (Å²) < 4.78 is 5.42. The zero-order chi connectivity index (χ0) is 25.9. The van der Waals surface area contributed by atoms with Crippen molar-refractivity contribution in [3.63, 3.8) is 0 Å². The van der Waals surface area contributed by atoms with Crippen LogP contribution in [0.4, 0.5) is 20.5 Å². The zero-order valence-electron chi connectivity index (χ0n) is 20.9. The standard InChI is InChI=1S/C24H31N5O5S/c1-7-29(23(33)34-24(2,3)4)17-12-11-14(13-25-17)18(30)15-9-8-10-16-20(19(15)31)35-21(26-16)27-22(32)28(5)6/h11-13,15H,7-10H2,1-6H3,(H,26,27,32). The highest BCUT2D eigenvalue weighted by Crippen LogP contribution is 2.33. The van der Waals surface area contributed by atoms with Gasteiger partial charge >= 0.3 is 12.1 Å². The number of rotatable bonds is 5. The van der Waals surface area contributed by atoms with E-state index in [-0.39, 0.29) is 17.6 Å². The van der Waals surface area contributed by atoms with E-state index in [0.29, 0.717) is 52.9 Å². The number of Topliss-reactive ketones (excluding diaryl/α,β-unsaturated/α-hetero) is 2. The molecule has 1 unspecified atom stereocenters. The third-order valence-electron chi connectivity index (χ3n) is 5.32. The number of aromatic nitrogens is 2. The summed E-state index contributed by atoms with van der Waals surface area (Å²) in [5.41, 5.74) is 0.250. The predicted octanol–water partition coefficient (Wildman–Crippen LogP) is 4.41. The Bertz CT molecular complexity index is 1120. The lowest BCUT2D eigenvalue weighted by molar-refractivity contribution is 0.0580. The highest BCUT2D eigenvalue weighted by Gasteiger charge is 2.34. The van der Waals surface area contributed by atoms with Gasteiger partial charge in [-0.3, -0.25) is 19.8 Å². The maximum Gasteiger partial charge on any atom is 0.415 e. The summed E-state index contributed by atoms with van der Waals surface area (Å²) in [5.74, 6) is -1.11. The zero-order valence-corrected chi connectivity index (χ0v) is 21.7. The van der Waals surface area contributed by atoms with Crippen LogP contribution >= 0.6 is 11.3 Å². The van der Waals surface area contributed by atoms with Gasteiger partial charge in [-0.25, -0.2) is 19.6 Å². The van der Waals surface area contributed by atoms with Gasteiger partial charge in [-0.15, -0.1) is 0 Å². The van der Waals surface area contributed by atoms with Crippen molar-refractivity contribution in [2.45, 2.75) is 52.6 Å². The first-order valence-corrected chi connectivity index (χ1v) is 12.3. The summed E-state index contributed by atoms with van der Waals surface area (Å²) in [5, 5.41) is 3.00. The van der Waals surface area contributed by atoms with Crippen molar-refractivity contribution >= 4 is 46.0 Å². The molecule has 0 aliphatic heterocycles. The minimum absolute atomic E-state index is 0.293. The van der Waals surface area contributed by atoms with Crippen molar-refractivity contribution in [3.8, 4) is 0 Å². The molecule has 10 nitrogen and oxygen atoms in total. The van der Waals surface area contributed by atoms with Gasteiger partial charge in [0.25, 0.3) is 0 Å². The topological polar surface area (TPSA) is 122 Å². The molecule has 1 aliphatic carbocycles. The first-order valence-electron chi connectivity index (χ1n) is 11.4. The third kappa shape index (κ3) is 6.21. The number of carbonyl (C=O) groups excluding carboxylic acids is 4. The van der Waals surface area contributed by atoms with Crippen molar-refractivity contribution in [1.82, 2.24) is 14.9 Å². The number of fused-ring (bicyclic) bond motifs is 1. The lowest BCUT2D eigenvalue weighted by Gasteiger charge is -2.26. The average Bonchev–Trinajstić information content (AvgIpc) is 3.11. The molecule has 0 fully saturated rings. The van der Waals surface area contributed by atoms with E-state index in [4.69, 9.17) is 4.74 Å². The van der Waals surface area contributed by atoms with Gasteiger partial charge < -0.3 is 9.64 Å². The Kier molecular flexibility index (Phi) is 7.89. The number of amides is 3. The largest absolute Gasteiger partial charge is 0.443 e. The Morgan fingerprint density at radius 1 is 1.23 bits per heavy atom. The molecule has 0 saturated carbocycles. The molecular weight excluding hydrogens is 470 g/mol. The third-order valence-corrected chi connectivity index (χ3v) is 6.35. The van der Waals surface area contributed by atoms with Crippen molar-refractivity contribution in [2.75, 3.05) is 30.9 Å². The van der Waals surface area contributed by atoms with Gasteiger partial charge in [0.2, 0.25) is 0 Å². The Morgan fingerprint density at radius 3 is 2.51 bits per heavy atom. The Hall–Kier alpha value is -3.34. The predicted molar refractivity (Wildman–Crippen MR) is 133 cm³/mol. The van der Waals surface area contributed by atoms with Gasteiger partial charge in [0.15, 0.2) is 16.7 Å². The smallest absolute Gasteiger partial charge is 0.415 e. The Labute approximate surface area is 208 Å². The molecule has 0 aromatic carbocycles. The van der Waals surface area contributed by atoms with E-state index >= 15 is 0 Å². The Balaban J connectivity index is 1.78. The van der Waals surface area contributed by atoms with Gasteiger partial charge in [-0.2, -0.15) is 0 Å². The molecule has 11 heteroatoms. The lowest BCUT2D eigenvalue weighted by Crippen LogP contribution is -2.37. The number of hydrogen-bond acceptors (Lipinski definition) is 8. The van der Waals surface area contributed by atoms with E-state index in [1.54, 1.807) is 53.9 Å². The van der Waals surface area contributed by atoms with Crippen molar-refractivity contribution in [1.29, 1.82) is 0 Å². The highest BCUT2D eigenvalue weighted by atomic mass is 32.1. The normalized spacial score (nSPS) is 15.6. The van der Waals surface area contributed by atoms with Crippen LogP contribution in [0.3, 0.4) is 0 Å². The molecule has 0 spiro atoms. The number of nitrogens with one attached hydrogen (secondary N) is 1. The average molecular weight is 502 g/mol. The summed E-state index contributed by atoms with van der Waals surface area (Å²) in [6, 6.07) is 2.81. The van der Waals surface area contributed by atoms with Gasteiger partial charge in [-0.05, 0) is 59.1 Å². The van der Waals surface area contributed by atoms with Crippen molar-refractivity contribution in [3.05, 3.63) is 34.5 Å². The second-order valence-electron chi connectivity index (χ2n) is 9.42. The maximum absolute atomic E-state index is 13.3. The van der Waals surface area contributed by atoms with E-state index in [1.807, 2.05) is 0 Å². The molecule has 1 aliphatic rings. The number of pyridine rings is 1. The van der Waals surface area contributed by atoms with Gasteiger partial charge in [0.1, 0.15) is 11.4 Å². The van der Waals surface area contributed by atoms with Crippen LogP contribution in [0.5, 0.6) is 0 Å². The monoisotopic (exact) mass is 501 g/mol. The number of aryl methyl sites for hydroxylation is 1. The molecule has 2 heterocycles. The van der Waals surface area contributed by atoms with Crippen LogP contribution < -0.4 is 10.2 Å². The maximum atomic E-state index is 13.3. The Morgan fingerprint density at radius 2 is 1.94 bits per heavy atom. The molecule has 35 heavy (non-hydrogen) atoms. The second-order valence-corrected chi connectivity index (χ2v) is 10.4. The SMILES string of the molecule is CCN(C(=O)OC(C)(C)C)c1ccc(C(=O)C2CCCc3nc(NC(=O)N(C)C)sc3C2=O)cn1. The minimum Gasteiger partial charge on any atom is -0.443 e. The lowest BCUT2D eigenvalue weighted by atomic mass is 9.91. The summed E-state index contributed by atoms with van der Waals surface area (Å²) in [6.45, 7) is 7.50. The van der Waals surface area contributed by atoms with E-state index in [2.05, 4.69) is 15.3 Å². The summed E-state index contributed by atoms with van der Waals surface area (Å²) in [4.78, 5) is 62.8. The summed E-state index contributed by atoms with van der Waals surface area (Å²) in [6.07, 6.45) is 2.44. The van der Waals surface area contributed by atoms with E-state index in [1.165, 1.54) is 16.0 Å². The molecule has 1 N–H and O–H groups in total. The number of hydrogen-bond donors (Lipinski definition) is 1. The fourth-order valence-corrected chi connectivity index (χ4v) is 4.57. The van der Waals surface area contributed by atoms with Crippen LogP contribution in [-0.2, 0) is 11.2 Å². The molecule has 1 atom stereocenters. The first kappa shape index (κ1) is 26.3. The van der Waals surface area contributed by atoms with Gasteiger partial charge in [-0.1, -0.05) is 11.3 Å². The van der Waals surface area contributed by atoms with Crippen LogP contribution in [0.15, 0.2) is 18.3 Å². The molecule has 2 aromatic heterocycles. The molecule has 3 rings (SSSR count). The molecule has 0 saturated heterocycles. The molecule has 3 amide bonds. The number of ether oxygens (including phenoxy) is 1. The van der Waals surface area contributed by atoms with Crippen molar-refractivity contribution in [2.24, 2.45) is 5.92 Å². The van der Waals surface area contributed by atoms with Crippen LogP contribution in [-0.4, -0.2) is 64.8 Å². The molecule has 2 aromatic rings. The quantitative estimate of drug-likeness (QED) is 0.366. The summed E-state index contributed by atoms with van der Waals surface area (Å²) in [7, 11) is 3.22. The van der Waals surface area contributed by atoms with Crippen LogP contribution in [0.25, 0.3) is 0 Å². The number of thiazole rings is 1. The number of ketones is 2. The fourth-order valence-electron chi connectivity index (χ4n) is 3.58. The summed E-state index contributed by atoms with van der Waals surface area (Å²) >= 11 is 1.09. The van der Waals surface area contributed by atoms with Crippen LogP contribution in [0.1, 0.15) is 66.3 Å². The molecule has 188 valence electrons. The second kappa shape index (κ2) is 10.5. The van der Waals surface area contributed by atoms with Crippen LogP contribution in [0, 0.1) is 5.92 Å². The fraction of sp³-hybridized carbons (Fsp3) is 0.500.